The highest BCUT2D eigenvalue weighted by Gasteiger charge is 2.05. The Hall–Kier alpha value is -2.43. The monoisotopic (exact) mass is 267 g/mol. The highest BCUT2D eigenvalue weighted by atomic mass is 15.1. The maximum atomic E-state index is 4.40. The summed E-state index contributed by atoms with van der Waals surface area (Å²) < 4.78 is 0. The number of nitrogens with zero attached hydrogens (tertiary/aromatic N) is 3. The van der Waals surface area contributed by atoms with Crippen molar-refractivity contribution in [3.05, 3.63) is 36.4 Å². The minimum absolute atomic E-state index is 0.324. The lowest BCUT2D eigenvalue weighted by molar-refractivity contribution is 0.874. The maximum absolute atomic E-state index is 4.40. The van der Waals surface area contributed by atoms with Crippen LogP contribution in [-0.4, -0.2) is 26.0 Å². The van der Waals surface area contributed by atoms with Crippen molar-refractivity contribution in [1.29, 1.82) is 0 Å². The number of nitrogens with one attached hydrogen (secondary N) is 2. The van der Waals surface area contributed by atoms with Crippen LogP contribution in [0.15, 0.2) is 30.6 Å². The molecule has 0 atom stereocenters. The van der Waals surface area contributed by atoms with Crippen LogP contribution in [0.2, 0.25) is 0 Å². The fourth-order valence-electron chi connectivity index (χ4n) is 2.13. The van der Waals surface area contributed by atoms with Gasteiger partial charge >= 0.3 is 0 Å². The van der Waals surface area contributed by atoms with Crippen molar-refractivity contribution in [2.45, 2.75) is 26.8 Å². The fourth-order valence-corrected chi connectivity index (χ4v) is 2.13. The van der Waals surface area contributed by atoms with Crippen LogP contribution >= 0.6 is 0 Å². The standard InChI is InChI=1S/C15H17N5/c1-9(2)18-15-16-7-12(8-17-15)11-4-5-13-14(6-11)20-10(3)19-13/h4-9H,1-3H3,(H,19,20)(H,16,17,18). The number of hydrogen-bond donors (Lipinski definition) is 2. The van der Waals surface area contributed by atoms with E-state index in [0.29, 0.717) is 12.0 Å². The molecule has 2 heterocycles. The number of anilines is 1. The third kappa shape index (κ3) is 2.47. The number of fused-ring (bicyclic) bond motifs is 1. The third-order valence-electron chi connectivity index (χ3n) is 3.00. The first kappa shape index (κ1) is 12.6. The van der Waals surface area contributed by atoms with Crippen LogP contribution in [-0.2, 0) is 0 Å². The molecular formula is C15H17N5. The second kappa shape index (κ2) is 4.92. The maximum Gasteiger partial charge on any atom is 0.222 e. The molecule has 0 spiro atoms. The minimum Gasteiger partial charge on any atom is -0.352 e. The van der Waals surface area contributed by atoms with Crippen LogP contribution in [0.4, 0.5) is 5.95 Å². The van der Waals surface area contributed by atoms with Gasteiger partial charge in [0.2, 0.25) is 5.95 Å². The highest BCUT2D eigenvalue weighted by molar-refractivity contribution is 5.81. The largest absolute Gasteiger partial charge is 0.352 e. The number of imidazole rings is 1. The van der Waals surface area contributed by atoms with Crippen molar-refractivity contribution in [2.75, 3.05) is 5.32 Å². The zero-order valence-corrected chi connectivity index (χ0v) is 11.8. The zero-order chi connectivity index (χ0) is 14.1. The molecule has 102 valence electrons. The Morgan fingerprint density at radius 3 is 2.55 bits per heavy atom. The van der Waals surface area contributed by atoms with Gasteiger partial charge in [0.15, 0.2) is 0 Å². The first-order valence-electron chi connectivity index (χ1n) is 6.67. The Labute approximate surface area is 117 Å². The van der Waals surface area contributed by atoms with Crippen LogP contribution in [0.5, 0.6) is 0 Å². The van der Waals surface area contributed by atoms with Gasteiger partial charge in [0.1, 0.15) is 5.82 Å². The first-order valence-corrected chi connectivity index (χ1v) is 6.67. The Bertz CT molecular complexity index is 728. The summed E-state index contributed by atoms with van der Waals surface area (Å²) in [6.45, 7) is 6.08. The number of hydrogen-bond acceptors (Lipinski definition) is 4. The summed E-state index contributed by atoms with van der Waals surface area (Å²) in [7, 11) is 0. The van der Waals surface area contributed by atoms with Gasteiger partial charge in [-0.15, -0.1) is 0 Å². The van der Waals surface area contributed by atoms with E-state index in [1.165, 1.54) is 0 Å². The highest BCUT2D eigenvalue weighted by Crippen LogP contribution is 2.22. The smallest absolute Gasteiger partial charge is 0.222 e. The van der Waals surface area contributed by atoms with Crippen LogP contribution in [0.3, 0.4) is 0 Å². The lowest BCUT2D eigenvalue weighted by Crippen LogP contribution is -2.12. The number of benzene rings is 1. The molecule has 0 amide bonds. The minimum atomic E-state index is 0.324. The molecule has 2 aromatic heterocycles. The predicted octanol–water partition coefficient (Wildman–Crippen LogP) is 3.15. The van der Waals surface area contributed by atoms with E-state index in [9.17, 15) is 0 Å². The van der Waals surface area contributed by atoms with E-state index in [4.69, 9.17) is 0 Å². The van der Waals surface area contributed by atoms with E-state index in [1.54, 1.807) is 0 Å². The molecule has 3 rings (SSSR count). The third-order valence-corrected chi connectivity index (χ3v) is 3.00. The van der Waals surface area contributed by atoms with Gasteiger partial charge < -0.3 is 10.3 Å². The average molecular weight is 267 g/mol. The summed E-state index contributed by atoms with van der Waals surface area (Å²) in [5, 5.41) is 3.18. The zero-order valence-electron chi connectivity index (χ0n) is 11.8. The molecule has 0 saturated carbocycles. The van der Waals surface area contributed by atoms with Crippen molar-refractivity contribution < 1.29 is 0 Å². The summed E-state index contributed by atoms with van der Waals surface area (Å²) in [4.78, 5) is 16.3. The van der Waals surface area contributed by atoms with E-state index in [0.717, 1.165) is 28.0 Å². The van der Waals surface area contributed by atoms with Gasteiger partial charge in [-0.3, -0.25) is 0 Å². The van der Waals surface area contributed by atoms with E-state index in [-0.39, 0.29) is 0 Å². The Morgan fingerprint density at radius 1 is 1.10 bits per heavy atom. The summed E-state index contributed by atoms with van der Waals surface area (Å²) in [5.41, 5.74) is 4.08. The Kier molecular flexibility index (Phi) is 3.10. The number of rotatable bonds is 3. The van der Waals surface area contributed by atoms with Gasteiger partial charge in [-0.2, -0.15) is 0 Å². The molecule has 5 nitrogen and oxygen atoms in total. The normalized spacial score (nSPS) is 11.2. The molecule has 3 aromatic rings. The van der Waals surface area contributed by atoms with Gasteiger partial charge in [0.25, 0.3) is 0 Å². The molecule has 0 radical (unpaired) electrons. The van der Waals surface area contributed by atoms with Gasteiger partial charge in [0, 0.05) is 24.0 Å². The van der Waals surface area contributed by atoms with Crippen molar-refractivity contribution in [3.8, 4) is 11.1 Å². The molecule has 0 aliphatic carbocycles. The summed E-state index contributed by atoms with van der Waals surface area (Å²) in [6.07, 6.45) is 3.67. The lowest BCUT2D eigenvalue weighted by atomic mass is 10.1. The van der Waals surface area contributed by atoms with Gasteiger partial charge in [-0.05, 0) is 38.5 Å². The predicted molar refractivity (Wildman–Crippen MR) is 80.6 cm³/mol. The molecule has 0 fully saturated rings. The van der Waals surface area contributed by atoms with Crippen molar-refractivity contribution >= 4 is 17.0 Å². The molecule has 0 aliphatic rings. The van der Waals surface area contributed by atoms with Crippen LogP contribution in [0, 0.1) is 6.92 Å². The molecule has 20 heavy (non-hydrogen) atoms. The quantitative estimate of drug-likeness (QED) is 0.765. The van der Waals surface area contributed by atoms with E-state index < -0.39 is 0 Å². The van der Waals surface area contributed by atoms with Crippen LogP contribution in [0.1, 0.15) is 19.7 Å². The molecule has 0 saturated heterocycles. The second-order valence-electron chi connectivity index (χ2n) is 5.15. The Morgan fingerprint density at radius 2 is 1.85 bits per heavy atom. The first-order chi connectivity index (χ1) is 9.61. The summed E-state index contributed by atoms with van der Waals surface area (Å²) in [6, 6.07) is 6.44. The average Bonchev–Trinajstić information content (AvgIpc) is 2.78. The van der Waals surface area contributed by atoms with Gasteiger partial charge in [0.05, 0.1) is 11.0 Å². The summed E-state index contributed by atoms with van der Waals surface area (Å²) >= 11 is 0. The number of aryl methyl sites for hydroxylation is 1. The molecule has 0 bridgehead atoms. The molecule has 2 N–H and O–H groups in total. The van der Waals surface area contributed by atoms with Crippen molar-refractivity contribution in [1.82, 2.24) is 19.9 Å². The second-order valence-corrected chi connectivity index (χ2v) is 5.15. The summed E-state index contributed by atoms with van der Waals surface area (Å²) in [5.74, 6) is 1.58. The number of aromatic amines is 1. The Balaban J connectivity index is 1.93. The lowest BCUT2D eigenvalue weighted by Gasteiger charge is -2.08. The van der Waals surface area contributed by atoms with Crippen LogP contribution < -0.4 is 5.32 Å². The molecular weight excluding hydrogens is 250 g/mol. The van der Waals surface area contributed by atoms with Gasteiger partial charge in [-0.25, -0.2) is 15.0 Å². The fraction of sp³-hybridized carbons (Fsp3) is 0.267. The topological polar surface area (TPSA) is 66.5 Å². The number of aromatic nitrogens is 4. The van der Waals surface area contributed by atoms with Gasteiger partial charge in [-0.1, -0.05) is 6.07 Å². The molecule has 5 heteroatoms. The van der Waals surface area contributed by atoms with E-state index >= 15 is 0 Å². The van der Waals surface area contributed by atoms with E-state index in [1.807, 2.05) is 31.5 Å². The SMILES string of the molecule is Cc1nc2ccc(-c3cnc(NC(C)C)nc3)cc2[nH]1. The van der Waals surface area contributed by atoms with E-state index in [2.05, 4.69) is 45.2 Å². The van der Waals surface area contributed by atoms with Crippen molar-refractivity contribution in [2.24, 2.45) is 0 Å². The number of H-pyrrole nitrogens is 1. The molecule has 0 unspecified atom stereocenters. The molecule has 0 aliphatic heterocycles. The van der Waals surface area contributed by atoms with Crippen molar-refractivity contribution in [3.63, 3.8) is 0 Å². The van der Waals surface area contributed by atoms with Crippen LogP contribution in [0.25, 0.3) is 22.2 Å². The molecule has 1 aromatic carbocycles.